The van der Waals surface area contributed by atoms with Gasteiger partial charge in [0.25, 0.3) is 0 Å². The fourth-order valence-electron chi connectivity index (χ4n) is 4.98. The molecule has 0 amide bonds. The summed E-state index contributed by atoms with van der Waals surface area (Å²) in [5.74, 6) is -4.53. The van der Waals surface area contributed by atoms with Crippen LogP contribution in [0.1, 0.15) is 37.1 Å². The van der Waals surface area contributed by atoms with Crippen LogP contribution in [0.4, 0.5) is 26.3 Å². The molecule has 0 radical (unpaired) electrons. The van der Waals surface area contributed by atoms with Gasteiger partial charge in [0.15, 0.2) is 16.7 Å². The van der Waals surface area contributed by atoms with Crippen LogP contribution in [0.3, 0.4) is 0 Å². The summed E-state index contributed by atoms with van der Waals surface area (Å²) >= 11 is 7.69. The van der Waals surface area contributed by atoms with Gasteiger partial charge in [-0.25, -0.2) is 30.9 Å². The van der Waals surface area contributed by atoms with Crippen molar-refractivity contribution in [2.24, 2.45) is 0 Å². The van der Waals surface area contributed by atoms with Crippen molar-refractivity contribution in [3.05, 3.63) is 100 Å². The van der Waals surface area contributed by atoms with Crippen LogP contribution in [-0.4, -0.2) is 87.3 Å². The van der Waals surface area contributed by atoms with Crippen molar-refractivity contribution in [3.8, 4) is 11.4 Å². The molecule has 3 aromatic carbocycles. The standard InChI is InChI=1S/C33H39ClF3N4O3S2.C2HF3O2/c1-33(2,22-9-14-28(36)30(17-22)44-7)31-20-38-32(40(31)24-12-10-23(35)11-13-24)45-21-26-27(34)18-25(19-29(26)37)46(42,43)39(3)15-8-16-41(4,5)6;3-2(4,5)1(6)7/h9-14,17-20H,8,15-16,21H2,1-7H3;(H,6,7)/q+1;/p-1. The molecule has 4 aromatic rings. The van der Waals surface area contributed by atoms with Gasteiger partial charge in [-0.15, -0.1) is 0 Å². The quantitative estimate of drug-likeness (QED) is 0.0854. The lowest BCUT2D eigenvalue weighted by Gasteiger charge is -2.28. The number of aromatic nitrogens is 2. The number of rotatable bonds is 13. The minimum atomic E-state index is -5.19. The van der Waals surface area contributed by atoms with Gasteiger partial charge in [0.2, 0.25) is 10.0 Å². The molecule has 0 spiro atoms. The number of hydrogen-bond acceptors (Lipinski definition) is 7. The number of aliphatic carboxylic acids is 1. The van der Waals surface area contributed by atoms with Crippen LogP contribution < -0.4 is 9.84 Å². The first-order valence-electron chi connectivity index (χ1n) is 15.7. The lowest BCUT2D eigenvalue weighted by molar-refractivity contribution is -0.870. The molecule has 0 unspecified atom stereocenters. The number of carbonyl (C=O) groups excluding carboxylic acids is 1. The van der Waals surface area contributed by atoms with E-state index in [1.165, 1.54) is 54.5 Å². The van der Waals surface area contributed by atoms with Crippen molar-refractivity contribution in [2.45, 2.75) is 47.7 Å². The van der Waals surface area contributed by atoms with E-state index in [4.69, 9.17) is 26.2 Å². The number of nitrogens with zero attached hydrogens (tertiary/aromatic N) is 4. The summed E-state index contributed by atoms with van der Waals surface area (Å²) in [5, 5.41) is 9.23. The topological polar surface area (TPSA) is 105 Å². The lowest BCUT2D eigenvalue weighted by atomic mass is 9.81. The molecule has 0 saturated carbocycles. The van der Waals surface area contributed by atoms with Crippen LogP contribution in [0.15, 0.2) is 70.8 Å². The van der Waals surface area contributed by atoms with Gasteiger partial charge in [-0.05, 0) is 54.1 Å². The van der Waals surface area contributed by atoms with E-state index in [2.05, 4.69) is 4.98 Å². The van der Waals surface area contributed by atoms with Gasteiger partial charge in [-0.2, -0.15) is 13.2 Å². The molecule has 0 bridgehead atoms. The highest BCUT2D eigenvalue weighted by atomic mass is 35.5. The van der Waals surface area contributed by atoms with E-state index >= 15 is 4.39 Å². The zero-order valence-electron chi connectivity index (χ0n) is 29.9. The first-order valence-corrected chi connectivity index (χ1v) is 18.5. The van der Waals surface area contributed by atoms with Crippen molar-refractivity contribution in [1.82, 2.24) is 13.9 Å². The van der Waals surface area contributed by atoms with E-state index < -0.39 is 45.0 Å². The maximum Gasteiger partial charge on any atom is 0.430 e. The molecule has 0 fully saturated rings. The minimum absolute atomic E-state index is 0.0234. The Bertz CT molecular complexity index is 2000. The Balaban J connectivity index is 0.000000980. The third-order valence-corrected chi connectivity index (χ3v) is 11.2. The van der Waals surface area contributed by atoms with Crippen LogP contribution in [0.2, 0.25) is 5.02 Å². The molecular formula is C35H39ClF6N4O5S2. The summed E-state index contributed by atoms with van der Waals surface area (Å²) < 4.78 is 111. The number of quaternary nitrogens is 1. The minimum Gasteiger partial charge on any atom is -0.542 e. The molecular weight excluding hydrogens is 770 g/mol. The van der Waals surface area contributed by atoms with E-state index in [1.807, 2.05) is 39.6 Å². The Morgan fingerprint density at radius 1 is 1.02 bits per heavy atom. The molecule has 0 aliphatic rings. The van der Waals surface area contributed by atoms with Crippen LogP contribution in [-0.2, 0) is 26.0 Å². The second-order valence-corrected chi connectivity index (χ2v) is 16.7. The van der Waals surface area contributed by atoms with Crippen molar-refractivity contribution in [2.75, 3.05) is 48.4 Å². The number of carboxylic acids is 1. The molecule has 290 valence electrons. The second kappa shape index (κ2) is 17.1. The number of thioether (sulfide) groups is 1. The van der Waals surface area contributed by atoms with E-state index in [0.717, 1.165) is 18.2 Å². The molecule has 53 heavy (non-hydrogen) atoms. The zero-order chi connectivity index (χ0) is 40.1. The molecule has 4 rings (SSSR count). The summed E-state index contributed by atoms with van der Waals surface area (Å²) in [7, 11) is 4.97. The Labute approximate surface area is 313 Å². The summed E-state index contributed by atoms with van der Waals surface area (Å²) in [6, 6.07) is 12.8. The number of ether oxygens (including phenoxy) is 1. The fraction of sp³-hybridized carbons (Fsp3) is 0.371. The Kier molecular flexibility index (Phi) is 14.1. The van der Waals surface area contributed by atoms with Crippen molar-refractivity contribution in [1.29, 1.82) is 0 Å². The van der Waals surface area contributed by atoms with Crippen LogP contribution >= 0.6 is 23.4 Å². The molecule has 0 atom stereocenters. The summed E-state index contributed by atoms with van der Waals surface area (Å²) in [5.41, 5.74) is 1.46. The van der Waals surface area contributed by atoms with Crippen molar-refractivity contribution >= 4 is 39.4 Å². The molecule has 18 heteroatoms. The van der Waals surface area contributed by atoms with Gasteiger partial charge < -0.3 is 19.1 Å². The number of benzene rings is 3. The van der Waals surface area contributed by atoms with Gasteiger partial charge in [-0.1, -0.05) is 43.3 Å². The molecule has 0 aliphatic heterocycles. The number of sulfonamides is 1. The average molecular weight is 809 g/mol. The zero-order valence-corrected chi connectivity index (χ0v) is 32.3. The average Bonchev–Trinajstić information content (AvgIpc) is 3.48. The number of carboxylic acid groups (broad SMARTS) is 1. The highest BCUT2D eigenvalue weighted by Gasteiger charge is 2.31. The van der Waals surface area contributed by atoms with Crippen LogP contribution in [0.5, 0.6) is 5.75 Å². The van der Waals surface area contributed by atoms with Crippen molar-refractivity contribution < 1.29 is 53.9 Å². The number of carbonyl (C=O) groups is 1. The van der Waals surface area contributed by atoms with Crippen LogP contribution in [0, 0.1) is 17.5 Å². The molecule has 1 aromatic heterocycles. The molecule has 0 saturated heterocycles. The maximum absolute atomic E-state index is 15.5. The van der Waals surface area contributed by atoms with Gasteiger partial charge in [0, 0.05) is 47.5 Å². The predicted octanol–water partition coefficient (Wildman–Crippen LogP) is 6.59. The van der Waals surface area contributed by atoms with Gasteiger partial charge in [0.1, 0.15) is 17.6 Å². The summed E-state index contributed by atoms with van der Waals surface area (Å²) in [4.78, 5) is 13.2. The van der Waals surface area contributed by atoms with Gasteiger partial charge in [0.05, 0.1) is 51.6 Å². The van der Waals surface area contributed by atoms with Crippen LogP contribution in [0.25, 0.3) is 5.69 Å². The monoisotopic (exact) mass is 808 g/mol. The SMILES string of the molecule is COc1cc(C(C)(C)c2cnc(SCc3c(F)cc(S(=O)(=O)N(C)CCC[N+](C)(C)C)cc3Cl)n2-c2ccc(F)cc2)ccc1F.O=C([O-])C(F)(F)F. The van der Waals surface area contributed by atoms with Gasteiger partial charge >= 0.3 is 6.18 Å². The number of hydrogen-bond donors (Lipinski definition) is 0. The Hall–Kier alpha value is -3.77. The lowest BCUT2D eigenvalue weighted by Crippen LogP contribution is -2.38. The highest BCUT2D eigenvalue weighted by molar-refractivity contribution is 7.98. The third-order valence-electron chi connectivity index (χ3n) is 8.03. The third kappa shape index (κ3) is 11.1. The van der Waals surface area contributed by atoms with E-state index in [0.29, 0.717) is 27.4 Å². The number of methoxy groups -OCH3 is 1. The first kappa shape index (κ1) is 43.6. The number of alkyl halides is 3. The van der Waals surface area contributed by atoms with E-state index in [1.54, 1.807) is 30.5 Å². The summed E-state index contributed by atoms with van der Waals surface area (Å²) in [6.45, 7) is 4.94. The van der Waals surface area contributed by atoms with Gasteiger partial charge in [-0.3, -0.25) is 4.57 Å². The largest absolute Gasteiger partial charge is 0.542 e. The van der Waals surface area contributed by atoms with Crippen molar-refractivity contribution in [3.63, 3.8) is 0 Å². The Morgan fingerprint density at radius 3 is 2.15 bits per heavy atom. The molecule has 9 nitrogen and oxygen atoms in total. The maximum atomic E-state index is 15.5. The van der Waals surface area contributed by atoms with E-state index in [-0.39, 0.29) is 33.5 Å². The Morgan fingerprint density at radius 2 is 1.62 bits per heavy atom. The second-order valence-electron chi connectivity index (χ2n) is 13.3. The summed E-state index contributed by atoms with van der Waals surface area (Å²) in [6.07, 6.45) is -2.89. The number of imidazole rings is 1. The smallest absolute Gasteiger partial charge is 0.430 e. The fourth-order valence-corrected chi connectivity index (χ4v) is 7.68. The molecule has 0 aliphatic carbocycles. The van der Waals surface area contributed by atoms with E-state index in [9.17, 15) is 30.4 Å². The highest BCUT2D eigenvalue weighted by Crippen LogP contribution is 2.39. The molecule has 0 N–H and O–H groups in total. The predicted molar refractivity (Wildman–Crippen MR) is 188 cm³/mol. The molecule has 1 heterocycles. The first-order chi connectivity index (χ1) is 24.4. The number of halogens is 7. The normalized spacial score (nSPS) is 12.4.